The van der Waals surface area contributed by atoms with Crippen molar-refractivity contribution in [3.8, 4) is 0 Å². The Morgan fingerprint density at radius 3 is 1.95 bits per heavy atom. The third-order valence-corrected chi connectivity index (χ3v) is 3.60. The van der Waals surface area contributed by atoms with Gasteiger partial charge in [-0.15, -0.1) is 0 Å². The van der Waals surface area contributed by atoms with Crippen LogP contribution in [0.15, 0.2) is 54.6 Å². The Labute approximate surface area is 122 Å². The van der Waals surface area contributed by atoms with E-state index >= 15 is 0 Å². The van der Waals surface area contributed by atoms with Crippen LogP contribution in [0.25, 0.3) is 0 Å². The Hall–Kier alpha value is -1.80. The Morgan fingerprint density at radius 2 is 1.40 bits per heavy atom. The zero-order valence-electron chi connectivity index (χ0n) is 12.6. The molecule has 0 heterocycles. The molecule has 2 nitrogen and oxygen atoms in total. The fraction of sp³-hybridized carbons (Fsp3) is 0.333. The molecule has 0 aromatic heterocycles. The fourth-order valence-electron chi connectivity index (χ4n) is 2.54. The summed E-state index contributed by atoms with van der Waals surface area (Å²) in [5.41, 5.74) is 3.39. The number of hydrazine groups is 1. The van der Waals surface area contributed by atoms with Gasteiger partial charge in [-0.1, -0.05) is 51.1 Å². The van der Waals surface area contributed by atoms with Gasteiger partial charge < -0.3 is 0 Å². The Balaban J connectivity index is 2.12. The highest BCUT2D eigenvalue weighted by Gasteiger charge is 2.09. The summed E-state index contributed by atoms with van der Waals surface area (Å²) in [4.78, 5) is 0. The van der Waals surface area contributed by atoms with Crippen molar-refractivity contribution in [3.05, 3.63) is 60.2 Å². The van der Waals surface area contributed by atoms with Crippen molar-refractivity contribution in [1.82, 2.24) is 0 Å². The first-order valence-electron chi connectivity index (χ1n) is 7.27. The summed E-state index contributed by atoms with van der Waals surface area (Å²) in [5.74, 6) is 7.47. The third-order valence-electron chi connectivity index (χ3n) is 3.60. The van der Waals surface area contributed by atoms with Crippen LogP contribution in [0, 0.1) is 5.92 Å². The Bertz CT molecular complexity index is 517. The predicted octanol–water partition coefficient (Wildman–Crippen LogP) is 4.85. The molecule has 106 valence electrons. The molecule has 2 heteroatoms. The minimum absolute atomic E-state index is 0.590. The van der Waals surface area contributed by atoms with E-state index in [9.17, 15) is 0 Å². The van der Waals surface area contributed by atoms with Gasteiger partial charge >= 0.3 is 0 Å². The zero-order chi connectivity index (χ0) is 14.5. The first kappa shape index (κ1) is 14.6. The van der Waals surface area contributed by atoms with Gasteiger partial charge in [0.15, 0.2) is 0 Å². The quantitative estimate of drug-likeness (QED) is 0.620. The van der Waals surface area contributed by atoms with Gasteiger partial charge in [0.25, 0.3) is 0 Å². The van der Waals surface area contributed by atoms with Crippen LogP contribution < -0.4 is 10.9 Å². The van der Waals surface area contributed by atoms with Gasteiger partial charge in [0.2, 0.25) is 0 Å². The molecule has 0 aliphatic heterocycles. The molecule has 0 fully saturated rings. The monoisotopic (exact) mass is 268 g/mol. The average molecular weight is 268 g/mol. The SMILES string of the molecule is CC(C)CC(C)c1ccc(N(N)c2ccccc2)cc1. The molecule has 2 rings (SSSR count). The van der Waals surface area contributed by atoms with Crippen LogP contribution in [0.5, 0.6) is 0 Å². The molecule has 1 unspecified atom stereocenters. The van der Waals surface area contributed by atoms with E-state index in [2.05, 4.69) is 45.0 Å². The number of benzene rings is 2. The van der Waals surface area contributed by atoms with Crippen LogP contribution in [0.4, 0.5) is 11.4 Å². The smallest absolute Gasteiger partial charge is 0.0575 e. The van der Waals surface area contributed by atoms with Gasteiger partial charge in [-0.05, 0) is 48.1 Å². The number of anilines is 2. The lowest BCUT2D eigenvalue weighted by molar-refractivity contribution is 0.524. The van der Waals surface area contributed by atoms with Crippen molar-refractivity contribution in [2.24, 2.45) is 11.8 Å². The van der Waals surface area contributed by atoms with Crippen molar-refractivity contribution in [2.75, 3.05) is 5.01 Å². The highest BCUT2D eigenvalue weighted by molar-refractivity contribution is 5.61. The van der Waals surface area contributed by atoms with E-state index in [1.165, 1.54) is 12.0 Å². The Kier molecular flexibility index (Phi) is 4.80. The van der Waals surface area contributed by atoms with Crippen LogP contribution in [-0.2, 0) is 0 Å². The van der Waals surface area contributed by atoms with E-state index in [0.29, 0.717) is 5.92 Å². The van der Waals surface area contributed by atoms with Gasteiger partial charge in [0, 0.05) is 0 Å². The van der Waals surface area contributed by atoms with Crippen molar-refractivity contribution in [2.45, 2.75) is 33.1 Å². The number of hydrogen-bond acceptors (Lipinski definition) is 2. The third kappa shape index (κ3) is 3.61. The second-order valence-corrected chi connectivity index (χ2v) is 5.83. The van der Waals surface area contributed by atoms with Gasteiger partial charge in [-0.25, -0.2) is 5.84 Å². The summed E-state index contributed by atoms with van der Waals surface area (Å²) >= 11 is 0. The summed E-state index contributed by atoms with van der Waals surface area (Å²) in [6.07, 6.45) is 1.21. The summed E-state index contributed by atoms with van der Waals surface area (Å²) in [6, 6.07) is 18.6. The lowest BCUT2D eigenvalue weighted by atomic mass is 9.92. The predicted molar refractivity (Wildman–Crippen MR) is 87.1 cm³/mol. The van der Waals surface area contributed by atoms with Crippen molar-refractivity contribution < 1.29 is 0 Å². The van der Waals surface area contributed by atoms with Crippen LogP contribution in [0.3, 0.4) is 0 Å². The molecule has 20 heavy (non-hydrogen) atoms. The maximum absolute atomic E-state index is 6.16. The summed E-state index contributed by atoms with van der Waals surface area (Å²) < 4.78 is 0. The Morgan fingerprint density at radius 1 is 0.850 bits per heavy atom. The van der Waals surface area contributed by atoms with E-state index in [0.717, 1.165) is 17.3 Å². The highest BCUT2D eigenvalue weighted by atomic mass is 15.4. The topological polar surface area (TPSA) is 29.3 Å². The number of rotatable bonds is 5. The average Bonchev–Trinajstić information content (AvgIpc) is 2.47. The molecular formula is C18H24N2. The van der Waals surface area contributed by atoms with Crippen molar-refractivity contribution in [1.29, 1.82) is 0 Å². The molecular weight excluding hydrogens is 244 g/mol. The van der Waals surface area contributed by atoms with Gasteiger partial charge in [-0.3, -0.25) is 5.01 Å². The molecule has 2 aromatic carbocycles. The molecule has 0 amide bonds. The summed E-state index contributed by atoms with van der Waals surface area (Å²) in [7, 11) is 0. The first-order valence-corrected chi connectivity index (χ1v) is 7.27. The molecule has 0 aliphatic carbocycles. The van der Waals surface area contributed by atoms with E-state index < -0.39 is 0 Å². The minimum Gasteiger partial charge on any atom is -0.280 e. The van der Waals surface area contributed by atoms with E-state index in [-0.39, 0.29) is 0 Å². The van der Waals surface area contributed by atoms with Gasteiger partial charge in [-0.2, -0.15) is 0 Å². The van der Waals surface area contributed by atoms with E-state index in [4.69, 9.17) is 5.84 Å². The lowest BCUT2D eigenvalue weighted by Gasteiger charge is -2.20. The van der Waals surface area contributed by atoms with Gasteiger partial charge in [0.1, 0.15) is 0 Å². The molecule has 2 N–H and O–H groups in total. The van der Waals surface area contributed by atoms with Crippen LogP contribution >= 0.6 is 0 Å². The van der Waals surface area contributed by atoms with Crippen LogP contribution in [-0.4, -0.2) is 0 Å². The molecule has 0 bridgehead atoms. The fourth-order valence-corrected chi connectivity index (χ4v) is 2.54. The lowest BCUT2D eigenvalue weighted by Crippen LogP contribution is -2.24. The second-order valence-electron chi connectivity index (χ2n) is 5.83. The number of hydrogen-bond donors (Lipinski definition) is 1. The molecule has 0 radical (unpaired) electrons. The molecule has 0 saturated carbocycles. The maximum Gasteiger partial charge on any atom is 0.0575 e. The highest BCUT2D eigenvalue weighted by Crippen LogP contribution is 2.27. The van der Waals surface area contributed by atoms with Crippen LogP contribution in [0.2, 0.25) is 0 Å². The standard InChI is InChI=1S/C18H24N2/c1-14(2)13-15(3)16-9-11-18(12-10-16)20(19)17-7-5-4-6-8-17/h4-12,14-15H,13,19H2,1-3H3. The molecule has 2 aromatic rings. The summed E-state index contributed by atoms with van der Waals surface area (Å²) in [5, 5.41) is 1.72. The minimum atomic E-state index is 0.590. The molecule has 0 saturated heterocycles. The normalized spacial score (nSPS) is 12.4. The van der Waals surface area contributed by atoms with Gasteiger partial charge in [0.05, 0.1) is 11.4 Å². The second kappa shape index (κ2) is 6.58. The van der Waals surface area contributed by atoms with E-state index in [1.54, 1.807) is 5.01 Å². The molecule has 1 atom stereocenters. The van der Waals surface area contributed by atoms with Crippen molar-refractivity contribution in [3.63, 3.8) is 0 Å². The zero-order valence-corrected chi connectivity index (χ0v) is 12.6. The number of nitrogens with zero attached hydrogens (tertiary/aromatic N) is 1. The largest absolute Gasteiger partial charge is 0.280 e. The summed E-state index contributed by atoms with van der Waals surface area (Å²) in [6.45, 7) is 6.82. The first-order chi connectivity index (χ1) is 9.58. The van der Waals surface area contributed by atoms with Crippen LogP contribution in [0.1, 0.15) is 38.7 Å². The number of para-hydroxylation sites is 1. The number of nitrogens with two attached hydrogens (primary N) is 1. The van der Waals surface area contributed by atoms with Crippen molar-refractivity contribution >= 4 is 11.4 Å². The van der Waals surface area contributed by atoms with E-state index in [1.807, 2.05) is 30.3 Å². The molecule has 0 spiro atoms. The maximum atomic E-state index is 6.16. The molecule has 0 aliphatic rings.